The summed E-state index contributed by atoms with van der Waals surface area (Å²) < 4.78 is 6.32. The maximum absolute atomic E-state index is 13.4. The van der Waals surface area contributed by atoms with Crippen molar-refractivity contribution in [2.24, 2.45) is 28.6 Å². The molecule has 0 saturated heterocycles. The lowest BCUT2D eigenvalue weighted by Gasteiger charge is -2.56. The minimum absolute atomic E-state index is 0.0723. The SMILES string of the molecule is CCCCCCCCCCCCOC1CC[C@@]2(C)C(=CC(=O)[C@@H]3[C@H]2CC[C@]2(C)C(=O)CC[C@@H]32)C1. The second-order valence-corrected chi connectivity index (χ2v) is 12.6. The van der Waals surface area contributed by atoms with Gasteiger partial charge in [0.25, 0.3) is 0 Å². The van der Waals surface area contributed by atoms with Crippen molar-refractivity contribution in [3.63, 3.8) is 0 Å². The Morgan fingerprint density at radius 2 is 1.44 bits per heavy atom. The molecule has 6 atom stereocenters. The summed E-state index contributed by atoms with van der Waals surface area (Å²) in [5.74, 6) is 1.49. The number of rotatable bonds is 12. The van der Waals surface area contributed by atoms with Gasteiger partial charge in [-0.05, 0) is 68.3 Å². The maximum atomic E-state index is 13.4. The average Bonchev–Trinajstić information content (AvgIpc) is 3.12. The summed E-state index contributed by atoms with van der Waals surface area (Å²) in [5, 5.41) is 0. The fraction of sp³-hybridized carbons (Fsp3) is 0.871. The number of carbonyl (C=O) groups is 2. The molecule has 0 radical (unpaired) electrons. The maximum Gasteiger partial charge on any atom is 0.159 e. The molecule has 0 aliphatic heterocycles. The van der Waals surface area contributed by atoms with E-state index in [0.29, 0.717) is 23.9 Å². The fourth-order valence-corrected chi connectivity index (χ4v) is 8.12. The second-order valence-electron chi connectivity index (χ2n) is 12.6. The van der Waals surface area contributed by atoms with Gasteiger partial charge in [0, 0.05) is 24.4 Å². The molecule has 0 bridgehead atoms. The van der Waals surface area contributed by atoms with Crippen LogP contribution < -0.4 is 0 Å². The third kappa shape index (κ3) is 5.25. The molecule has 0 heterocycles. The second kappa shape index (κ2) is 11.4. The lowest BCUT2D eigenvalue weighted by molar-refractivity contribution is -0.140. The van der Waals surface area contributed by atoms with Gasteiger partial charge in [0.05, 0.1) is 6.10 Å². The first kappa shape index (κ1) is 26.1. The molecule has 3 heteroatoms. The Morgan fingerprint density at radius 1 is 0.824 bits per heavy atom. The molecule has 1 unspecified atom stereocenters. The van der Waals surface area contributed by atoms with Crippen molar-refractivity contribution in [1.82, 2.24) is 0 Å². The van der Waals surface area contributed by atoms with Gasteiger partial charge in [0.2, 0.25) is 0 Å². The fourth-order valence-electron chi connectivity index (χ4n) is 8.12. The van der Waals surface area contributed by atoms with Gasteiger partial charge in [-0.25, -0.2) is 0 Å². The zero-order chi connectivity index (χ0) is 24.2. The van der Waals surface area contributed by atoms with Crippen LogP contribution in [0.25, 0.3) is 0 Å². The lowest BCUT2D eigenvalue weighted by atomic mass is 9.48. The zero-order valence-corrected chi connectivity index (χ0v) is 22.3. The van der Waals surface area contributed by atoms with Gasteiger partial charge in [-0.1, -0.05) is 84.1 Å². The minimum Gasteiger partial charge on any atom is -0.378 e. The van der Waals surface area contributed by atoms with Gasteiger partial charge in [0.15, 0.2) is 5.78 Å². The molecule has 4 rings (SSSR count). The van der Waals surface area contributed by atoms with Crippen LogP contribution in [0.2, 0.25) is 0 Å². The van der Waals surface area contributed by atoms with Crippen LogP contribution >= 0.6 is 0 Å². The van der Waals surface area contributed by atoms with Crippen LogP contribution in [0.3, 0.4) is 0 Å². The van der Waals surface area contributed by atoms with E-state index in [1.807, 2.05) is 6.08 Å². The molecule has 0 amide bonds. The first-order valence-electron chi connectivity index (χ1n) is 14.8. The zero-order valence-electron chi connectivity index (χ0n) is 22.3. The van der Waals surface area contributed by atoms with E-state index in [4.69, 9.17) is 4.74 Å². The summed E-state index contributed by atoms with van der Waals surface area (Å²) in [4.78, 5) is 26.0. The summed E-state index contributed by atoms with van der Waals surface area (Å²) in [5.41, 5.74) is 1.24. The Morgan fingerprint density at radius 3 is 2.15 bits per heavy atom. The number of unbranched alkanes of at least 4 members (excludes halogenated alkanes) is 9. The van der Waals surface area contributed by atoms with Crippen molar-refractivity contribution in [1.29, 1.82) is 0 Å². The minimum atomic E-state index is -0.242. The van der Waals surface area contributed by atoms with Crippen LogP contribution in [0.4, 0.5) is 0 Å². The van der Waals surface area contributed by atoms with E-state index < -0.39 is 0 Å². The number of fused-ring (bicyclic) bond motifs is 5. The van der Waals surface area contributed by atoms with E-state index in [0.717, 1.165) is 45.1 Å². The molecule has 3 fully saturated rings. The van der Waals surface area contributed by atoms with Gasteiger partial charge in [-0.2, -0.15) is 0 Å². The van der Waals surface area contributed by atoms with Crippen molar-refractivity contribution >= 4 is 11.6 Å². The first-order valence-corrected chi connectivity index (χ1v) is 14.8. The van der Waals surface area contributed by atoms with Gasteiger partial charge >= 0.3 is 0 Å². The smallest absolute Gasteiger partial charge is 0.159 e. The molecule has 0 N–H and O–H groups in total. The van der Waals surface area contributed by atoms with Gasteiger partial charge in [-0.3, -0.25) is 9.59 Å². The van der Waals surface area contributed by atoms with E-state index in [-0.39, 0.29) is 28.8 Å². The van der Waals surface area contributed by atoms with Gasteiger partial charge < -0.3 is 4.74 Å². The molecule has 4 aliphatic carbocycles. The summed E-state index contributed by atoms with van der Waals surface area (Å²) in [6, 6.07) is 0. The van der Waals surface area contributed by atoms with Crippen molar-refractivity contribution in [2.45, 2.75) is 136 Å². The van der Waals surface area contributed by atoms with E-state index in [9.17, 15) is 9.59 Å². The van der Waals surface area contributed by atoms with Crippen LogP contribution in [0.5, 0.6) is 0 Å². The number of hydrogen-bond acceptors (Lipinski definition) is 3. The first-order chi connectivity index (χ1) is 16.4. The number of Topliss-reactive ketones (excluding diaryl/α,β-unsaturated/α-hetero) is 1. The van der Waals surface area contributed by atoms with E-state index >= 15 is 0 Å². The van der Waals surface area contributed by atoms with Crippen LogP contribution in [0, 0.1) is 28.6 Å². The van der Waals surface area contributed by atoms with E-state index in [1.165, 1.54) is 69.8 Å². The highest BCUT2D eigenvalue weighted by Gasteiger charge is 2.60. The van der Waals surface area contributed by atoms with E-state index in [2.05, 4.69) is 20.8 Å². The summed E-state index contributed by atoms with van der Waals surface area (Å²) in [6.45, 7) is 7.71. The van der Waals surface area contributed by atoms with E-state index in [1.54, 1.807) is 0 Å². The largest absolute Gasteiger partial charge is 0.378 e. The van der Waals surface area contributed by atoms with Gasteiger partial charge in [-0.15, -0.1) is 0 Å². The van der Waals surface area contributed by atoms with Gasteiger partial charge in [0.1, 0.15) is 5.78 Å². The monoisotopic (exact) mass is 470 g/mol. The molecular formula is C31H50O3. The van der Waals surface area contributed by atoms with Crippen molar-refractivity contribution in [3.05, 3.63) is 11.6 Å². The predicted molar refractivity (Wildman–Crippen MR) is 139 cm³/mol. The summed E-state index contributed by atoms with van der Waals surface area (Å²) in [6.07, 6.45) is 22.6. The lowest BCUT2D eigenvalue weighted by Crippen LogP contribution is -2.53. The Balaban J connectivity index is 1.21. The molecule has 0 spiro atoms. The Bertz CT molecular complexity index is 754. The molecule has 34 heavy (non-hydrogen) atoms. The van der Waals surface area contributed by atoms with Crippen molar-refractivity contribution < 1.29 is 14.3 Å². The highest BCUT2D eigenvalue weighted by Crippen LogP contribution is 2.63. The van der Waals surface area contributed by atoms with Crippen LogP contribution in [0.1, 0.15) is 130 Å². The summed E-state index contributed by atoms with van der Waals surface area (Å²) in [7, 11) is 0. The molecule has 0 aromatic heterocycles. The van der Waals surface area contributed by atoms with Crippen molar-refractivity contribution in [2.75, 3.05) is 6.61 Å². The number of hydrogen-bond donors (Lipinski definition) is 0. The van der Waals surface area contributed by atoms with Crippen LogP contribution in [0.15, 0.2) is 11.6 Å². The highest BCUT2D eigenvalue weighted by atomic mass is 16.5. The van der Waals surface area contributed by atoms with Crippen molar-refractivity contribution in [3.8, 4) is 0 Å². The van der Waals surface area contributed by atoms with Crippen LogP contribution in [-0.4, -0.2) is 24.3 Å². The number of carbonyl (C=O) groups excluding carboxylic acids is 2. The molecule has 4 aliphatic rings. The quantitative estimate of drug-likeness (QED) is 0.271. The third-order valence-corrected chi connectivity index (χ3v) is 10.5. The average molecular weight is 471 g/mol. The Kier molecular flexibility index (Phi) is 8.75. The third-order valence-electron chi connectivity index (χ3n) is 10.5. The molecule has 0 aromatic carbocycles. The Labute approximate surface area is 208 Å². The normalized spacial score (nSPS) is 37.2. The summed E-state index contributed by atoms with van der Waals surface area (Å²) >= 11 is 0. The topological polar surface area (TPSA) is 43.4 Å². The molecule has 3 nitrogen and oxygen atoms in total. The number of ketones is 2. The standard InChI is InChI=1S/C31H50O3/c1-4-5-6-7-8-9-10-11-12-13-20-34-24-16-18-30(2)23(21-24)22-27(32)29-25-14-15-28(33)31(25,3)19-17-26(29)30/h22,24-26,29H,4-21H2,1-3H3/t24?,25-,26+,29-,30-,31-/m0/s1. The number of ether oxygens (including phenoxy) is 1. The Hall–Kier alpha value is -0.960. The molecule has 192 valence electrons. The number of allylic oxidation sites excluding steroid dienone is 1. The highest BCUT2D eigenvalue weighted by molar-refractivity contribution is 5.96. The predicted octanol–water partition coefficient (Wildman–Crippen LogP) is 8.00. The van der Waals surface area contributed by atoms with Crippen LogP contribution in [-0.2, 0) is 14.3 Å². The molecular weight excluding hydrogens is 420 g/mol. The molecule has 0 aromatic rings. The molecule has 3 saturated carbocycles.